The van der Waals surface area contributed by atoms with Gasteiger partial charge in [0.1, 0.15) is 0 Å². The second kappa shape index (κ2) is 8.19. The van der Waals surface area contributed by atoms with E-state index in [0.717, 1.165) is 11.1 Å². The lowest BCUT2D eigenvalue weighted by Gasteiger charge is -2.21. The minimum atomic E-state index is -0.815. The Hall–Kier alpha value is -1.04. The van der Waals surface area contributed by atoms with Gasteiger partial charge >= 0.3 is 5.97 Å². The van der Waals surface area contributed by atoms with Crippen molar-refractivity contribution in [3.63, 3.8) is 0 Å². The fourth-order valence-corrected chi connectivity index (χ4v) is 2.45. The third kappa shape index (κ3) is 5.63. The highest BCUT2D eigenvalue weighted by molar-refractivity contribution is 7.99. The Kier molecular flexibility index (Phi) is 6.91. The Labute approximate surface area is 118 Å². The molecule has 2 atom stereocenters. The SMILES string of the molecule is CSC(CO)C(C)NCc1ccc(CC(=O)O)cc1. The van der Waals surface area contributed by atoms with E-state index in [1.54, 1.807) is 11.8 Å². The molecular formula is C14H21NO3S. The van der Waals surface area contributed by atoms with E-state index in [-0.39, 0.29) is 24.3 Å². The first-order valence-corrected chi connectivity index (χ1v) is 7.52. The molecule has 1 rings (SSSR count). The Balaban J connectivity index is 2.47. The van der Waals surface area contributed by atoms with Gasteiger partial charge in [-0.2, -0.15) is 11.8 Å². The second-order valence-corrected chi connectivity index (χ2v) is 5.59. The third-order valence-corrected chi connectivity index (χ3v) is 4.21. The lowest BCUT2D eigenvalue weighted by atomic mass is 10.1. The Bertz CT molecular complexity index is 390. The highest BCUT2D eigenvalue weighted by atomic mass is 32.2. The topological polar surface area (TPSA) is 69.6 Å². The number of aliphatic hydroxyl groups is 1. The summed E-state index contributed by atoms with van der Waals surface area (Å²) in [4.78, 5) is 10.6. The monoisotopic (exact) mass is 283 g/mol. The van der Waals surface area contributed by atoms with Crippen molar-refractivity contribution < 1.29 is 15.0 Å². The third-order valence-electron chi connectivity index (χ3n) is 3.05. The van der Waals surface area contributed by atoms with Gasteiger partial charge < -0.3 is 15.5 Å². The van der Waals surface area contributed by atoms with Crippen molar-refractivity contribution in [2.75, 3.05) is 12.9 Å². The first-order valence-electron chi connectivity index (χ1n) is 6.23. The van der Waals surface area contributed by atoms with Gasteiger partial charge in [0, 0.05) is 17.8 Å². The van der Waals surface area contributed by atoms with Gasteiger partial charge in [-0.05, 0) is 24.3 Å². The minimum Gasteiger partial charge on any atom is -0.481 e. The highest BCUT2D eigenvalue weighted by Crippen LogP contribution is 2.11. The molecule has 0 fully saturated rings. The van der Waals surface area contributed by atoms with E-state index in [2.05, 4.69) is 12.2 Å². The summed E-state index contributed by atoms with van der Waals surface area (Å²) in [6.07, 6.45) is 2.04. The molecule has 0 aliphatic carbocycles. The average Bonchev–Trinajstić information content (AvgIpc) is 2.38. The molecule has 19 heavy (non-hydrogen) atoms. The number of carbonyl (C=O) groups is 1. The molecule has 0 aliphatic rings. The van der Waals surface area contributed by atoms with E-state index in [4.69, 9.17) is 5.11 Å². The zero-order valence-electron chi connectivity index (χ0n) is 11.3. The van der Waals surface area contributed by atoms with E-state index >= 15 is 0 Å². The average molecular weight is 283 g/mol. The summed E-state index contributed by atoms with van der Waals surface area (Å²) in [6.45, 7) is 2.93. The van der Waals surface area contributed by atoms with Crippen LogP contribution in [0.25, 0.3) is 0 Å². The molecular weight excluding hydrogens is 262 g/mol. The smallest absolute Gasteiger partial charge is 0.307 e. The fourth-order valence-electron chi connectivity index (χ4n) is 1.80. The van der Waals surface area contributed by atoms with Gasteiger partial charge in [-0.15, -0.1) is 0 Å². The molecule has 0 heterocycles. The summed E-state index contributed by atoms with van der Waals surface area (Å²) in [5, 5.41) is 21.4. The van der Waals surface area contributed by atoms with Crippen LogP contribution in [0.3, 0.4) is 0 Å². The Morgan fingerprint density at radius 3 is 2.37 bits per heavy atom. The maximum absolute atomic E-state index is 10.6. The quantitative estimate of drug-likeness (QED) is 0.675. The summed E-state index contributed by atoms with van der Waals surface area (Å²) >= 11 is 1.64. The van der Waals surface area contributed by atoms with Crippen LogP contribution in [0.1, 0.15) is 18.1 Å². The highest BCUT2D eigenvalue weighted by Gasteiger charge is 2.14. The van der Waals surface area contributed by atoms with Crippen LogP contribution in [0.2, 0.25) is 0 Å². The molecule has 1 aromatic carbocycles. The summed E-state index contributed by atoms with van der Waals surface area (Å²) in [6, 6.07) is 7.77. The molecule has 5 heteroatoms. The van der Waals surface area contributed by atoms with Crippen molar-refractivity contribution in [3.05, 3.63) is 35.4 Å². The van der Waals surface area contributed by atoms with E-state index in [1.165, 1.54) is 0 Å². The molecule has 0 amide bonds. The maximum atomic E-state index is 10.6. The number of aliphatic hydroxyl groups excluding tert-OH is 1. The van der Waals surface area contributed by atoms with E-state index in [9.17, 15) is 9.90 Å². The van der Waals surface area contributed by atoms with Crippen molar-refractivity contribution in [1.29, 1.82) is 0 Å². The van der Waals surface area contributed by atoms with Crippen LogP contribution in [-0.4, -0.2) is 40.3 Å². The first kappa shape index (κ1) is 16.0. The largest absolute Gasteiger partial charge is 0.481 e. The van der Waals surface area contributed by atoms with Gasteiger partial charge in [-0.1, -0.05) is 24.3 Å². The van der Waals surface area contributed by atoms with Crippen LogP contribution in [0.4, 0.5) is 0 Å². The number of thioether (sulfide) groups is 1. The maximum Gasteiger partial charge on any atom is 0.307 e. The summed E-state index contributed by atoms with van der Waals surface area (Å²) in [7, 11) is 0. The summed E-state index contributed by atoms with van der Waals surface area (Å²) < 4.78 is 0. The number of hydrogen-bond acceptors (Lipinski definition) is 4. The van der Waals surface area contributed by atoms with Crippen molar-refractivity contribution in [2.24, 2.45) is 0 Å². The van der Waals surface area contributed by atoms with E-state index in [0.29, 0.717) is 6.54 Å². The van der Waals surface area contributed by atoms with Gasteiger partial charge in [0.15, 0.2) is 0 Å². The summed E-state index contributed by atoms with van der Waals surface area (Å²) in [5.74, 6) is -0.815. The number of aliphatic carboxylic acids is 1. The second-order valence-electron chi connectivity index (χ2n) is 4.51. The van der Waals surface area contributed by atoms with E-state index in [1.807, 2.05) is 30.5 Å². The molecule has 0 saturated carbocycles. The van der Waals surface area contributed by atoms with Gasteiger partial charge in [-0.3, -0.25) is 4.79 Å². The standard InChI is InChI=1S/C14H21NO3S/c1-10(13(9-16)19-2)15-8-12-5-3-11(4-6-12)7-14(17)18/h3-6,10,13,15-16H,7-9H2,1-2H3,(H,17,18). The van der Waals surface area contributed by atoms with Crippen LogP contribution in [-0.2, 0) is 17.8 Å². The molecule has 0 saturated heterocycles. The molecule has 3 N–H and O–H groups in total. The molecule has 0 spiro atoms. The first-order chi connectivity index (χ1) is 9.06. The van der Waals surface area contributed by atoms with Crippen LogP contribution in [0.5, 0.6) is 0 Å². The van der Waals surface area contributed by atoms with Gasteiger partial charge in [0.2, 0.25) is 0 Å². The molecule has 0 aromatic heterocycles. The van der Waals surface area contributed by atoms with Crippen LogP contribution in [0.15, 0.2) is 24.3 Å². The van der Waals surface area contributed by atoms with Crippen molar-refractivity contribution in [3.8, 4) is 0 Å². The predicted molar refractivity (Wildman–Crippen MR) is 78.5 cm³/mol. The molecule has 0 bridgehead atoms. The van der Waals surface area contributed by atoms with Crippen molar-refractivity contribution >= 4 is 17.7 Å². The Morgan fingerprint density at radius 1 is 1.32 bits per heavy atom. The number of nitrogens with one attached hydrogen (secondary N) is 1. The number of benzene rings is 1. The van der Waals surface area contributed by atoms with Crippen molar-refractivity contribution in [1.82, 2.24) is 5.32 Å². The molecule has 1 aromatic rings. The molecule has 2 unspecified atom stereocenters. The van der Waals surface area contributed by atoms with Gasteiger partial charge in [0.25, 0.3) is 0 Å². The van der Waals surface area contributed by atoms with Crippen LogP contribution >= 0.6 is 11.8 Å². The lowest BCUT2D eigenvalue weighted by molar-refractivity contribution is -0.136. The molecule has 0 radical (unpaired) electrons. The number of carboxylic acid groups (broad SMARTS) is 1. The lowest BCUT2D eigenvalue weighted by Crippen LogP contribution is -2.37. The molecule has 0 aliphatic heterocycles. The zero-order valence-corrected chi connectivity index (χ0v) is 12.1. The number of carboxylic acids is 1. The van der Waals surface area contributed by atoms with Crippen LogP contribution < -0.4 is 5.32 Å². The van der Waals surface area contributed by atoms with Crippen LogP contribution in [0, 0.1) is 0 Å². The van der Waals surface area contributed by atoms with Crippen molar-refractivity contribution in [2.45, 2.75) is 31.2 Å². The molecule has 106 valence electrons. The number of rotatable bonds is 8. The van der Waals surface area contributed by atoms with E-state index < -0.39 is 5.97 Å². The molecule has 4 nitrogen and oxygen atoms in total. The normalized spacial score (nSPS) is 14.1. The zero-order chi connectivity index (χ0) is 14.3. The van der Waals surface area contributed by atoms with Gasteiger partial charge in [-0.25, -0.2) is 0 Å². The Morgan fingerprint density at radius 2 is 1.89 bits per heavy atom. The fraction of sp³-hybridized carbons (Fsp3) is 0.500. The minimum absolute atomic E-state index is 0.0587. The number of hydrogen-bond donors (Lipinski definition) is 3. The predicted octanol–water partition coefficient (Wildman–Crippen LogP) is 1.52. The summed E-state index contributed by atoms with van der Waals surface area (Å²) in [5.41, 5.74) is 1.92. The van der Waals surface area contributed by atoms with Gasteiger partial charge in [0.05, 0.1) is 13.0 Å².